The maximum absolute atomic E-state index is 5.75. The first-order valence-corrected chi connectivity index (χ1v) is 7.11. The van der Waals surface area contributed by atoms with Crippen molar-refractivity contribution >= 4 is 0 Å². The Balaban J connectivity index is 1.79. The Bertz CT molecular complexity index is 576. The van der Waals surface area contributed by atoms with E-state index >= 15 is 0 Å². The normalized spacial score (nSPS) is 10.7. The van der Waals surface area contributed by atoms with Gasteiger partial charge in [0, 0.05) is 13.6 Å². The van der Waals surface area contributed by atoms with Crippen molar-refractivity contribution in [3.63, 3.8) is 0 Å². The fourth-order valence-electron chi connectivity index (χ4n) is 2.17. The second kappa shape index (κ2) is 7.13. The van der Waals surface area contributed by atoms with Gasteiger partial charge in [0.1, 0.15) is 24.7 Å². The largest absolute Gasteiger partial charge is 0.490 e. The minimum Gasteiger partial charge on any atom is -0.490 e. The number of nitrogens with zero attached hydrogens (tertiary/aromatic N) is 2. The molecule has 5 heteroatoms. The molecule has 0 atom stereocenters. The fraction of sp³-hybridized carbons (Fsp3) is 0.438. The lowest BCUT2D eigenvalue weighted by Gasteiger charge is -2.09. The summed E-state index contributed by atoms with van der Waals surface area (Å²) in [5.41, 5.74) is 3.18. The smallest absolute Gasteiger partial charge is 0.163 e. The highest BCUT2D eigenvalue weighted by atomic mass is 16.5. The van der Waals surface area contributed by atoms with Gasteiger partial charge < -0.3 is 14.8 Å². The van der Waals surface area contributed by atoms with E-state index in [0.29, 0.717) is 13.2 Å². The zero-order chi connectivity index (χ0) is 15.2. The van der Waals surface area contributed by atoms with Gasteiger partial charge in [-0.25, -0.2) is 0 Å². The summed E-state index contributed by atoms with van der Waals surface area (Å²) < 4.78 is 13.3. The third-order valence-electron chi connectivity index (χ3n) is 3.35. The summed E-state index contributed by atoms with van der Waals surface area (Å²) in [6, 6.07) is 8.07. The number of aromatic nitrogens is 2. The van der Waals surface area contributed by atoms with E-state index in [2.05, 4.69) is 22.5 Å². The van der Waals surface area contributed by atoms with Crippen LogP contribution < -0.4 is 14.8 Å². The molecule has 2 aromatic rings. The van der Waals surface area contributed by atoms with E-state index in [1.165, 1.54) is 5.56 Å². The van der Waals surface area contributed by atoms with E-state index in [1.54, 1.807) is 0 Å². The number of ether oxygens (including phenoxy) is 2. The van der Waals surface area contributed by atoms with E-state index in [4.69, 9.17) is 9.47 Å². The van der Waals surface area contributed by atoms with Crippen molar-refractivity contribution in [3.8, 4) is 11.5 Å². The van der Waals surface area contributed by atoms with Gasteiger partial charge in [-0.15, -0.1) is 0 Å². The van der Waals surface area contributed by atoms with Gasteiger partial charge in [0.05, 0.1) is 5.69 Å². The lowest BCUT2D eigenvalue weighted by atomic mass is 10.2. The van der Waals surface area contributed by atoms with E-state index in [-0.39, 0.29) is 0 Å². The summed E-state index contributed by atoms with van der Waals surface area (Å²) in [5, 5.41) is 7.44. The zero-order valence-electron chi connectivity index (χ0n) is 13.1. The Hall–Kier alpha value is -2.01. The number of nitrogens with one attached hydrogen (secondary N) is 1. The van der Waals surface area contributed by atoms with Crippen LogP contribution in [-0.2, 0) is 13.6 Å². The fourth-order valence-corrected chi connectivity index (χ4v) is 2.17. The third kappa shape index (κ3) is 3.98. The molecule has 1 heterocycles. The molecule has 0 saturated carbocycles. The molecule has 1 aromatic heterocycles. The number of rotatable bonds is 7. The van der Waals surface area contributed by atoms with Gasteiger partial charge in [0.15, 0.2) is 5.75 Å². The molecule has 0 spiro atoms. The Morgan fingerprint density at radius 3 is 2.33 bits per heavy atom. The van der Waals surface area contributed by atoms with Crippen molar-refractivity contribution in [2.75, 3.05) is 20.3 Å². The van der Waals surface area contributed by atoms with Crippen LogP contribution in [0.25, 0.3) is 0 Å². The van der Waals surface area contributed by atoms with Crippen LogP contribution in [0.5, 0.6) is 11.5 Å². The molecule has 0 aliphatic rings. The van der Waals surface area contributed by atoms with E-state index < -0.39 is 0 Å². The third-order valence-corrected chi connectivity index (χ3v) is 3.35. The molecule has 5 nitrogen and oxygen atoms in total. The lowest BCUT2D eigenvalue weighted by Crippen LogP contribution is -2.10. The van der Waals surface area contributed by atoms with Gasteiger partial charge >= 0.3 is 0 Å². The monoisotopic (exact) mass is 289 g/mol. The van der Waals surface area contributed by atoms with Gasteiger partial charge in [-0.3, -0.25) is 4.68 Å². The van der Waals surface area contributed by atoms with Crippen molar-refractivity contribution < 1.29 is 9.47 Å². The number of benzene rings is 1. The molecule has 0 amide bonds. The topological polar surface area (TPSA) is 48.3 Å². The summed E-state index contributed by atoms with van der Waals surface area (Å²) in [5.74, 6) is 1.71. The average molecular weight is 289 g/mol. The van der Waals surface area contributed by atoms with Gasteiger partial charge in [0.2, 0.25) is 0 Å². The molecule has 0 saturated heterocycles. The summed E-state index contributed by atoms with van der Waals surface area (Å²) >= 11 is 0. The van der Waals surface area contributed by atoms with Crippen LogP contribution in [0, 0.1) is 13.8 Å². The van der Waals surface area contributed by atoms with Crippen LogP contribution in [-0.4, -0.2) is 30.0 Å². The molecule has 1 N–H and O–H groups in total. The lowest BCUT2D eigenvalue weighted by molar-refractivity contribution is 0.215. The summed E-state index contributed by atoms with van der Waals surface area (Å²) in [6.07, 6.45) is 0. The van der Waals surface area contributed by atoms with Crippen LogP contribution in [0.3, 0.4) is 0 Å². The number of hydrogen-bond donors (Lipinski definition) is 1. The molecule has 114 valence electrons. The zero-order valence-corrected chi connectivity index (χ0v) is 13.1. The van der Waals surface area contributed by atoms with Crippen LogP contribution in [0.4, 0.5) is 0 Å². The van der Waals surface area contributed by atoms with Crippen molar-refractivity contribution in [2.45, 2.75) is 20.4 Å². The molecular weight excluding hydrogens is 266 g/mol. The van der Waals surface area contributed by atoms with E-state index in [9.17, 15) is 0 Å². The molecule has 0 unspecified atom stereocenters. The molecule has 0 radical (unpaired) electrons. The first kappa shape index (κ1) is 15.4. The van der Waals surface area contributed by atoms with Crippen LogP contribution in [0.15, 0.2) is 24.3 Å². The van der Waals surface area contributed by atoms with Crippen molar-refractivity contribution in [1.29, 1.82) is 0 Å². The second-order valence-corrected chi connectivity index (χ2v) is 4.99. The second-order valence-electron chi connectivity index (χ2n) is 4.99. The molecule has 0 aliphatic heterocycles. The standard InChI is InChI=1S/C16H23N3O2/c1-12-16(13(2)19(4)18-12)21-10-9-20-15-7-5-14(6-8-15)11-17-3/h5-8,17H,9-11H2,1-4H3. The predicted molar refractivity (Wildman–Crippen MR) is 82.9 cm³/mol. The van der Waals surface area contributed by atoms with Gasteiger partial charge in [-0.1, -0.05) is 12.1 Å². The molecule has 1 aromatic carbocycles. The van der Waals surface area contributed by atoms with Gasteiger partial charge in [-0.2, -0.15) is 5.10 Å². The molecule has 0 fully saturated rings. The minimum absolute atomic E-state index is 0.506. The maximum atomic E-state index is 5.75. The maximum Gasteiger partial charge on any atom is 0.163 e. The first-order chi connectivity index (χ1) is 10.1. The highest BCUT2D eigenvalue weighted by molar-refractivity contribution is 5.31. The quantitative estimate of drug-likeness (QED) is 0.794. The summed E-state index contributed by atoms with van der Waals surface area (Å²) in [7, 11) is 3.85. The van der Waals surface area contributed by atoms with Gasteiger partial charge in [0.25, 0.3) is 0 Å². The Morgan fingerprint density at radius 2 is 1.76 bits per heavy atom. The highest BCUT2D eigenvalue weighted by Gasteiger charge is 2.10. The SMILES string of the molecule is CNCc1ccc(OCCOc2c(C)nn(C)c2C)cc1. The van der Waals surface area contributed by atoms with Crippen molar-refractivity contribution in [3.05, 3.63) is 41.2 Å². The average Bonchev–Trinajstić information content (AvgIpc) is 2.71. The summed E-state index contributed by atoms with van der Waals surface area (Å²) in [6.45, 7) is 5.83. The van der Waals surface area contributed by atoms with Crippen LogP contribution in [0.2, 0.25) is 0 Å². The highest BCUT2D eigenvalue weighted by Crippen LogP contribution is 2.21. The number of aryl methyl sites for hydroxylation is 2. The van der Waals surface area contributed by atoms with E-state index in [0.717, 1.165) is 29.4 Å². The Morgan fingerprint density at radius 1 is 1.10 bits per heavy atom. The summed E-state index contributed by atoms with van der Waals surface area (Å²) in [4.78, 5) is 0. The first-order valence-electron chi connectivity index (χ1n) is 7.11. The minimum atomic E-state index is 0.506. The molecule has 0 bridgehead atoms. The van der Waals surface area contributed by atoms with Crippen LogP contribution >= 0.6 is 0 Å². The van der Waals surface area contributed by atoms with Crippen molar-refractivity contribution in [1.82, 2.24) is 15.1 Å². The molecule has 2 rings (SSSR count). The predicted octanol–water partition coefficient (Wildman–Crippen LogP) is 2.21. The number of hydrogen-bond acceptors (Lipinski definition) is 4. The van der Waals surface area contributed by atoms with Gasteiger partial charge in [-0.05, 0) is 38.6 Å². The van der Waals surface area contributed by atoms with Crippen molar-refractivity contribution in [2.24, 2.45) is 7.05 Å². The van der Waals surface area contributed by atoms with Crippen LogP contribution in [0.1, 0.15) is 17.0 Å². The molecule has 0 aliphatic carbocycles. The Labute approximate surface area is 125 Å². The molecule has 21 heavy (non-hydrogen) atoms. The molecular formula is C16H23N3O2. The van der Waals surface area contributed by atoms with E-state index in [1.807, 2.05) is 44.8 Å². The Kier molecular flexibility index (Phi) is 5.22.